The normalized spacial score (nSPS) is 12.8. The number of nitrogens with one attached hydrogen (secondary N) is 1. The van der Waals surface area contributed by atoms with E-state index in [0.29, 0.717) is 0 Å². The molecule has 3 aromatic carbocycles. The van der Waals surface area contributed by atoms with Gasteiger partial charge in [-0.05, 0) is 42.3 Å². The minimum atomic E-state index is -3.84. The van der Waals surface area contributed by atoms with Gasteiger partial charge in [-0.3, -0.25) is 9.10 Å². The molecule has 0 saturated heterocycles. The Labute approximate surface area is 207 Å². The maximum absolute atomic E-state index is 13.1. The molecule has 0 aliphatic rings. The fourth-order valence-electron chi connectivity index (χ4n) is 3.59. The summed E-state index contributed by atoms with van der Waals surface area (Å²) in [6.07, 6.45) is 1.000. The quantitative estimate of drug-likeness (QED) is 0.472. The fourth-order valence-corrected chi connectivity index (χ4v) is 5.34. The predicted octanol–water partition coefficient (Wildman–Crippen LogP) is 2.92. The van der Waals surface area contributed by atoms with E-state index >= 15 is 0 Å². The number of hydrogen-bond acceptors (Lipinski definition) is 5. The Balaban J connectivity index is 1.89. The summed E-state index contributed by atoms with van der Waals surface area (Å²) in [5, 5.41) is 2.95. The van der Waals surface area contributed by atoms with Crippen molar-refractivity contribution in [2.75, 3.05) is 31.2 Å². The van der Waals surface area contributed by atoms with Crippen molar-refractivity contribution >= 4 is 31.6 Å². The third kappa shape index (κ3) is 6.47. The lowest BCUT2D eigenvalue weighted by atomic mass is 9.97. The Morgan fingerprint density at radius 2 is 1.46 bits per heavy atom. The topological polar surface area (TPSA) is 104 Å². The van der Waals surface area contributed by atoms with E-state index in [1.54, 1.807) is 0 Å². The van der Waals surface area contributed by atoms with Crippen LogP contribution in [-0.2, 0) is 24.8 Å². The second-order valence-electron chi connectivity index (χ2n) is 8.38. The highest BCUT2D eigenvalue weighted by molar-refractivity contribution is 7.92. The molecule has 1 unspecified atom stereocenters. The van der Waals surface area contributed by atoms with Gasteiger partial charge in [0.2, 0.25) is 26.0 Å². The highest BCUT2D eigenvalue weighted by Crippen LogP contribution is 2.24. The van der Waals surface area contributed by atoms with Crippen LogP contribution >= 0.6 is 0 Å². The lowest BCUT2D eigenvalue weighted by Crippen LogP contribution is -2.41. The average molecular weight is 516 g/mol. The Bertz CT molecular complexity index is 1390. The van der Waals surface area contributed by atoms with Gasteiger partial charge in [0.05, 0.1) is 22.9 Å². The van der Waals surface area contributed by atoms with E-state index in [1.165, 1.54) is 38.4 Å². The molecule has 0 fully saturated rings. The second kappa shape index (κ2) is 10.6. The van der Waals surface area contributed by atoms with Gasteiger partial charge >= 0.3 is 0 Å². The molecule has 0 spiro atoms. The summed E-state index contributed by atoms with van der Waals surface area (Å²) in [5.74, 6) is -0.504. The highest BCUT2D eigenvalue weighted by atomic mass is 32.2. The first-order valence-electron chi connectivity index (χ1n) is 10.8. The number of rotatable bonds is 9. The smallest absolute Gasteiger partial charge is 0.242 e. The molecule has 35 heavy (non-hydrogen) atoms. The third-order valence-electron chi connectivity index (χ3n) is 5.40. The molecule has 0 heterocycles. The number of carbonyl (C=O) groups is 1. The maximum Gasteiger partial charge on any atom is 0.242 e. The SMILES string of the molecule is Cc1cccc(C(NC(=O)CN(c2ccc(S(=O)(=O)N(C)C)cc2)S(C)(=O)=O)c2ccccc2)c1. The third-order valence-corrected chi connectivity index (χ3v) is 8.37. The molecule has 10 heteroatoms. The van der Waals surface area contributed by atoms with Gasteiger partial charge in [-0.15, -0.1) is 0 Å². The van der Waals surface area contributed by atoms with Crippen LogP contribution in [0.25, 0.3) is 0 Å². The van der Waals surface area contributed by atoms with Crippen LogP contribution < -0.4 is 9.62 Å². The molecule has 1 amide bonds. The number of benzene rings is 3. The number of aryl methyl sites for hydroxylation is 1. The molecule has 0 aliphatic heterocycles. The molecule has 1 atom stereocenters. The van der Waals surface area contributed by atoms with Crippen molar-refractivity contribution in [3.05, 3.63) is 95.6 Å². The summed E-state index contributed by atoms with van der Waals surface area (Å²) in [6.45, 7) is 1.49. The molecule has 1 N–H and O–H groups in total. The van der Waals surface area contributed by atoms with Gasteiger partial charge in [-0.2, -0.15) is 0 Å². The van der Waals surface area contributed by atoms with Crippen LogP contribution in [0.5, 0.6) is 0 Å². The lowest BCUT2D eigenvalue weighted by Gasteiger charge is -2.25. The summed E-state index contributed by atoms with van der Waals surface area (Å²) < 4.78 is 51.8. The van der Waals surface area contributed by atoms with Crippen LogP contribution in [0.2, 0.25) is 0 Å². The Hall–Kier alpha value is -3.21. The van der Waals surface area contributed by atoms with Crippen molar-refractivity contribution < 1.29 is 21.6 Å². The first kappa shape index (κ1) is 26.4. The number of anilines is 1. The second-order valence-corrected chi connectivity index (χ2v) is 12.4. The van der Waals surface area contributed by atoms with E-state index in [-0.39, 0.29) is 10.6 Å². The van der Waals surface area contributed by atoms with Crippen LogP contribution in [0.1, 0.15) is 22.7 Å². The first-order chi connectivity index (χ1) is 16.4. The minimum Gasteiger partial charge on any atom is -0.344 e. The van der Waals surface area contributed by atoms with Crippen molar-refractivity contribution in [2.45, 2.75) is 17.9 Å². The van der Waals surface area contributed by atoms with Crippen LogP contribution in [0, 0.1) is 6.92 Å². The van der Waals surface area contributed by atoms with Crippen LogP contribution in [0.4, 0.5) is 5.69 Å². The zero-order valence-electron chi connectivity index (χ0n) is 20.0. The number of sulfonamides is 2. The Morgan fingerprint density at radius 3 is 2.00 bits per heavy atom. The summed E-state index contributed by atoms with van der Waals surface area (Å²) >= 11 is 0. The minimum absolute atomic E-state index is 0.0211. The summed E-state index contributed by atoms with van der Waals surface area (Å²) in [6, 6.07) is 22.1. The fraction of sp³-hybridized carbons (Fsp3) is 0.240. The van der Waals surface area contributed by atoms with Crippen molar-refractivity contribution in [2.24, 2.45) is 0 Å². The monoisotopic (exact) mass is 515 g/mol. The van der Waals surface area contributed by atoms with Gasteiger partial charge in [-0.25, -0.2) is 21.1 Å². The van der Waals surface area contributed by atoms with Crippen LogP contribution in [0.15, 0.2) is 83.8 Å². The van der Waals surface area contributed by atoms with Crippen molar-refractivity contribution in [3.63, 3.8) is 0 Å². The number of nitrogens with zero attached hydrogens (tertiary/aromatic N) is 2. The molecule has 186 valence electrons. The van der Waals surface area contributed by atoms with E-state index in [0.717, 1.165) is 31.6 Å². The molecule has 0 aromatic heterocycles. The van der Waals surface area contributed by atoms with Crippen molar-refractivity contribution in [1.29, 1.82) is 0 Å². The summed E-state index contributed by atoms with van der Waals surface area (Å²) in [4.78, 5) is 13.1. The molecule has 3 aromatic rings. The van der Waals surface area contributed by atoms with Gasteiger partial charge in [0.15, 0.2) is 0 Å². The van der Waals surface area contributed by atoms with E-state index in [9.17, 15) is 21.6 Å². The van der Waals surface area contributed by atoms with E-state index < -0.39 is 38.5 Å². The molecule has 0 bridgehead atoms. The average Bonchev–Trinajstić information content (AvgIpc) is 2.81. The molecule has 0 aliphatic carbocycles. The summed E-state index contributed by atoms with van der Waals surface area (Å²) in [5.41, 5.74) is 2.94. The maximum atomic E-state index is 13.1. The standard InChI is InChI=1S/C25H29N3O5S2/c1-19-9-8-12-21(17-19)25(20-10-6-5-7-11-20)26-24(29)18-28(34(4,30)31)22-13-15-23(16-14-22)35(32,33)27(2)3/h5-17,25H,18H2,1-4H3,(H,26,29). The predicted molar refractivity (Wildman–Crippen MR) is 137 cm³/mol. The summed E-state index contributed by atoms with van der Waals surface area (Å²) in [7, 11) is -4.69. The van der Waals surface area contributed by atoms with Crippen molar-refractivity contribution in [3.8, 4) is 0 Å². The van der Waals surface area contributed by atoms with Gasteiger partial charge in [-0.1, -0.05) is 60.2 Å². The van der Waals surface area contributed by atoms with Gasteiger partial charge in [0, 0.05) is 14.1 Å². The number of hydrogen-bond donors (Lipinski definition) is 1. The Morgan fingerprint density at radius 1 is 0.857 bits per heavy atom. The molecule has 8 nitrogen and oxygen atoms in total. The van der Waals surface area contributed by atoms with Crippen molar-refractivity contribution in [1.82, 2.24) is 9.62 Å². The molecule has 3 rings (SSSR count). The van der Waals surface area contributed by atoms with Crippen LogP contribution in [-0.4, -0.2) is 53.9 Å². The molecule has 0 radical (unpaired) electrons. The highest BCUT2D eigenvalue weighted by Gasteiger charge is 2.25. The lowest BCUT2D eigenvalue weighted by molar-refractivity contribution is -0.120. The number of amides is 1. The van der Waals surface area contributed by atoms with Crippen LogP contribution in [0.3, 0.4) is 0 Å². The van der Waals surface area contributed by atoms with E-state index in [2.05, 4.69) is 5.32 Å². The zero-order valence-corrected chi connectivity index (χ0v) is 21.7. The van der Waals surface area contributed by atoms with Gasteiger partial charge < -0.3 is 5.32 Å². The Kier molecular flexibility index (Phi) is 7.99. The van der Waals surface area contributed by atoms with E-state index in [4.69, 9.17) is 0 Å². The zero-order chi connectivity index (χ0) is 25.8. The molecular formula is C25H29N3O5S2. The molecule has 0 saturated carbocycles. The van der Waals surface area contributed by atoms with Gasteiger partial charge in [0.1, 0.15) is 6.54 Å². The van der Waals surface area contributed by atoms with E-state index in [1.807, 2.05) is 61.5 Å². The van der Waals surface area contributed by atoms with Gasteiger partial charge in [0.25, 0.3) is 0 Å². The molecular weight excluding hydrogens is 486 g/mol. The number of carbonyl (C=O) groups excluding carboxylic acids is 1. The largest absolute Gasteiger partial charge is 0.344 e. The first-order valence-corrected chi connectivity index (χ1v) is 14.1.